The van der Waals surface area contributed by atoms with Gasteiger partial charge in [-0.25, -0.2) is 0 Å². The molecule has 16 nitrogen and oxygen atoms in total. The molecule has 4 fully saturated rings. The molecule has 3 heterocycles. The molecule has 1 spiro atoms. The van der Waals surface area contributed by atoms with Crippen LogP contribution in [0.4, 0.5) is 0 Å². The number of rotatable bonds is 6. The van der Waals surface area contributed by atoms with Gasteiger partial charge in [-0.2, -0.15) is 0 Å². The standard InChI is InChI=1S/C20H37N3O13/c1-23-7-2-5(21)9(26)15(10(7)27)33-19-17-16(11(28)8(4-25)32-19)35-20(36-17)18(31)13(30)12(29)14(34-20)6(22)3-24/h5-19,23-31H,2-4,21-22H2,1H3/t5-,6+,7+,8-,9+,10-,11+,12-,13-,14+,15-,16+,17+,18-,19+,20-/m1/s1. The van der Waals surface area contributed by atoms with Crippen LogP contribution in [0.1, 0.15) is 6.42 Å². The van der Waals surface area contributed by atoms with Crippen LogP contribution in [0, 0.1) is 0 Å². The molecular weight excluding hydrogens is 490 g/mol. The minimum Gasteiger partial charge on any atom is -0.395 e. The van der Waals surface area contributed by atoms with Crippen LogP contribution in [0.5, 0.6) is 0 Å². The van der Waals surface area contributed by atoms with E-state index in [-0.39, 0.29) is 6.42 Å². The molecule has 1 aliphatic carbocycles. The third-order valence-electron chi connectivity index (χ3n) is 7.42. The molecule has 3 saturated heterocycles. The van der Waals surface area contributed by atoms with Crippen molar-refractivity contribution in [3.63, 3.8) is 0 Å². The average molecular weight is 528 g/mol. The van der Waals surface area contributed by atoms with E-state index in [2.05, 4.69) is 5.32 Å². The molecule has 3 aliphatic heterocycles. The van der Waals surface area contributed by atoms with Gasteiger partial charge < -0.3 is 81.3 Å². The third-order valence-corrected chi connectivity index (χ3v) is 7.42. The van der Waals surface area contributed by atoms with Crippen LogP contribution in [0.3, 0.4) is 0 Å². The predicted octanol–water partition coefficient (Wildman–Crippen LogP) is -7.27. The number of aliphatic hydroxyl groups is 8. The monoisotopic (exact) mass is 527 g/mol. The lowest BCUT2D eigenvalue weighted by molar-refractivity contribution is -0.439. The van der Waals surface area contributed by atoms with Crippen LogP contribution in [-0.2, 0) is 23.7 Å². The minimum absolute atomic E-state index is 0.254. The summed E-state index contributed by atoms with van der Waals surface area (Å²) in [5.41, 5.74) is 11.8. The molecule has 210 valence electrons. The van der Waals surface area contributed by atoms with Gasteiger partial charge in [0.2, 0.25) is 0 Å². The van der Waals surface area contributed by atoms with Crippen LogP contribution in [0.25, 0.3) is 0 Å². The number of likely N-dealkylation sites (N-methyl/N-ethyl adjacent to an activating group) is 1. The number of hydrogen-bond acceptors (Lipinski definition) is 16. The first-order valence-electron chi connectivity index (χ1n) is 11.8. The molecule has 0 radical (unpaired) electrons. The van der Waals surface area contributed by atoms with E-state index in [0.29, 0.717) is 0 Å². The number of nitrogens with two attached hydrogens (primary N) is 2. The number of aliphatic hydroxyl groups excluding tert-OH is 8. The second-order valence-electron chi connectivity index (χ2n) is 9.72. The van der Waals surface area contributed by atoms with Crippen molar-refractivity contribution in [2.75, 3.05) is 20.3 Å². The first-order chi connectivity index (χ1) is 17.0. The lowest BCUT2D eigenvalue weighted by atomic mass is 9.84. The fraction of sp³-hybridized carbons (Fsp3) is 1.00. The van der Waals surface area contributed by atoms with E-state index in [1.54, 1.807) is 7.05 Å². The van der Waals surface area contributed by atoms with Crippen molar-refractivity contribution in [2.45, 2.75) is 104 Å². The fourth-order valence-electron chi connectivity index (χ4n) is 5.23. The summed E-state index contributed by atoms with van der Waals surface area (Å²) in [7, 11) is 1.60. The maximum Gasteiger partial charge on any atom is 0.314 e. The molecule has 1 saturated carbocycles. The molecular formula is C20H37N3O13. The normalized spacial score (nSPS) is 54.4. The zero-order valence-electron chi connectivity index (χ0n) is 19.6. The molecule has 16 heteroatoms. The lowest BCUT2D eigenvalue weighted by Crippen LogP contribution is -2.69. The number of ether oxygens (including phenoxy) is 5. The molecule has 36 heavy (non-hydrogen) atoms. The molecule has 4 rings (SSSR count). The summed E-state index contributed by atoms with van der Waals surface area (Å²) in [6, 6.07) is -2.50. The Balaban J connectivity index is 1.62. The van der Waals surface area contributed by atoms with Gasteiger partial charge in [0.05, 0.1) is 31.5 Å². The Morgan fingerprint density at radius 1 is 0.944 bits per heavy atom. The number of hydrogen-bond donors (Lipinski definition) is 11. The van der Waals surface area contributed by atoms with E-state index in [9.17, 15) is 40.9 Å². The van der Waals surface area contributed by atoms with E-state index in [4.69, 9.17) is 35.2 Å². The molecule has 0 aromatic heterocycles. The molecule has 0 aromatic rings. The van der Waals surface area contributed by atoms with E-state index in [1.807, 2.05) is 0 Å². The van der Waals surface area contributed by atoms with Crippen molar-refractivity contribution < 1.29 is 64.5 Å². The molecule has 0 unspecified atom stereocenters. The molecule has 4 aliphatic rings. The molecule has 0 aromatic carbocycles. The maximum atomic E-state index is 10.7. The lowest BCUT2D eigenvalue weighted by Gasteiger charge is -2.46. The zero-order valence-corrected chi connectivity index (χ0v) is 19.6. The van der Waals surface area contributed by atoms with Crippen molar-refractivity contribution in [1.29, 1.82) is 0 Å². The summed E-state index contributed by atoms with van der Waals surface area (Å²) in [6.45, 7) is -1.33. The highest BCUT2D eigenvalue weighted by Crippen LogP contribution is 2.45. The Morgan fingerprint density at radius 3 is 2.22 bits per heavy atom. The SMILES string of the molecule is CN[C@H]1C[C@@H](N)[C@H](O)[C@@H](O[C@@H]2O[C@H](CO)[C@H](O)[C@@H]3O[C@]4(O[C@H]23)O[C@@H]([C@@H](N)CO)[C@H](O)[C@@H](O)[C@H]4O)[C@@H]1O. The van der Waals surface area contributed by atoms with Gasteiger partial charge in [0.1, 0.15) is 48.8 Å². The van der Waals surface area contributed by atoms with Gasteiger partial charge in [0, 0.05) is 12.1 Å². The Hall–Kier alpha value is -0.640. The quantitative estimate of drug-likeness (QED) is 0.153. The van der Waals surface area contributed by atoms with Crippen molar-refractivity contribution in [1.82, 2.24) is 5.32 Å². The van der Waals surface area contributed by atoms with Gasteiger partial charge in [-0.15, -0.1) is 0 Å². The zero-order chi connectivity index (χ0) is 26.5. The summed E-state index contributed by atoms with van der Waals surface area (Å²) in [4.78, 5) is 0. The topological polar surface area (TPSA) is 272 Å². The summed E-state index contributed by atoms with van der Waals surface area (Å²) < 4.78 is 28.7. The van der Waals surface area contributed by atoms with Gasteiger partial charge in [-0.3, -0.25) is 0 Å². The second kappa shape index (κ2) is 10.9. The molecule has 0 amide bonds. The smallest absolute Gasteiger partial charge is 0.314 e. The number of nitrogens with one attached hydrogen (secondary N) is 1. The van der Waals surface area contributed by atoms with E-state index < -0.39 is 111 Å². The highest BCUT2D eigenvalue weighted by molar-refractivity contribution is 5.05. The van der Waals surface area contributed by atoms with Crippen LogP contribution in [0.2, 0.25) is 0 Å². The summed E-state index contributed by atoms with van der Waals surface area (Å²) in [5.74, 6) is -2.48. The largest absolute Gasteiger partial charge is 0.395 e. The second-order valence-corrected chi connectivity index (χ2v) is 9.72. The first kappa shape index (κ1) is 28.4. The highest BCUT2D eigenvalue weighted by atomic mass is 16.9. The molecule has 13 N–H and O–H groups in total. The summed E-state index contributed by atoms with van der Waals surface area (Å²) in [5, 5.41) is 85.6. The third kappa shape index (κ3) is 4.68. The van der Waals surface area contributed by atoms with Gasteiger partial charge in [-0.05, 0) is 13.5 Å². The van der Waals surface area contributed by atoms with Crippen molar-refractivity contribution in [3.05, 3.63) is 0 Å². The Kier molecular flexibility index (Phi) is 8.55. The fourth-order valence-corrected chi connectivity index (χ4v) is 5.23. The maximum absolute atomic E-state index is 10.7. The Labute approximate surface area is 206 Å². The Morgan fingerprint density at radius 2 is 1.61 bits per heavy atom. The van der Waals surface area contributed by atoms with E-state index in [1.165, 1.54) is 0 Å². The Bertz CT molecular complexity index is 756. The minimum atomic E-state index is -2.48. The van der Waals surface area contributed by atoms with Gasteiger partial charge in [0.15, 0.2) is 12.4 Å². The number of fused-ring (bicyclic) bond motifs is 1. The van der Waals surface area contributed by atoms with Gasteiger partial charge >= 0.3 is 5.97 Å². The van der Waals surface area contributed by atoms with Crippen LogP contribution in [-0.4, -0.2) is 159 Å². The van der Waals surface area contributed by atoms with Crippen molar-refractivity contribution in [3.8, 4) is 0 Å². The highest BCUT2D eigenvalue weighted by Gasteiger charge is 2.67. The predicted molar refractivity (Wildman–Crippen MR) is 115 cm³/mol. The van der Waals surface area contributed by atoms with Gasteiger partial charge in [0.25, 0.3) is 0 Å². The molecule has 0 bridgehead atoms. The van der Waals surface area contributed by atoms with Crippen LogP contribution < -0.4 is 16.8 Å². The van der Waals surface area contributed by atoms with Crippen molar-refractivity contribution in [2.24, 2.45) is 11.5 Å². The van der Waals surface area contributed by atoms with Crippen molar-refractivity contribution >= 4 is 0 Å². The van der Waals surface area contributed by atoms with E-state index in [0.717, 1.165) is 0 Å². The summed E-state index contributed by atoms with van der Waals surface area (Å²) in [6.07, 6.45) is -17.7. The van der Waals surface area contributed by atoms with Crippen LogP contribution >= 0.6 is 0 Å². The van der Waals surface area contributed by atoms with Crippen LogP contribution in [0.15, 0.2) is 0 Å². The summed E-state index contributed by atoms with van der Waals surface area (Å²) >= 11 is 0. The average Bonchev–Trinajstić information content (AvgIpc) is 3.27. The first-order valence-corrected chi connectivity index (χ1v) is 11.8. The van der Waals surface area contributed by atoms with E-state index >= 15 is 0 Å². The van der Waals surface area contributed by atoms with Gasteiger partial charge in [-0.1, -0.05) is 0 Å². The molecule has 16 atom stereocenters.